The number of nitrogens with zero attached hydrogens (tertiary/aromatic N) is 1. The second-order valence-corrected chi connectivity index (χ2v) is 1.17. The third-order valence-electron chi connectivity index (χ3n) is 0.506. The molecular weight excluding hydrogens is 96.0 g/mol. The van der Waals surface area contributed by atoms with Gasteiger partial charge in [-0.05, 0) is 6.92 Å². The first-order valence-corrected chi connectivity index (χ1v) is 1.85. The van der Waals surface area contributed by atoms with Crippen LogP contribution in [-0.4, -0.2) is 22.7 Å². The molecule has 0 heterocycles. The number of oxime groups is 1. The number of hydrogen-bond acceptors (Lipinski definition) is 4. The van der Waals surface area contributed by atoms with Crippen molar-refractivity contribution in [3.63, 3.8) is 0 Å². The fraction of sp³-hybridized carbons (Fsp3) is 0.667. The molecule has 0 saturated carbocycles. The first kappa shape index (κ1) is 6.39. The summed E-state index contributed by atoms with van der Waals surface area (Å²) < 4.78 is 0. The van der Waals surface area contributed by atoms with Crippen molar-refractivity contribution in [2.75, 3.05) is 6.54 Å². The molecule has 0 unspecified atom stereocenters. The molecule has 4 heteroatoms. The van der Waals surface area contributed by atoms with Gasteiger partial charge in [-0.3, -0.25) is 0 Å². The Morgan fingerprint density at radius 2 is 2.43 bits per heavy atom. The van der Waals surface area contributed by atoms with Crippen LogP contribution < -0.4 is 5.48 Å². The normalized spacial score (nSPS) is 12.0. The molecule has 0 fully saturated rings. The minimum atomic E-state index is 0.205. The Morgan fingerprint density at radius 3 is 2.57 bits per heavy atom. The Labute approximate surface area is 41.4 Å². The largest absolute Gasteiger partial charge is 0.411 e. The fourth-order valence-electron chi connectivity index (χ4n) is 0.150. The Hall–Kier alpha value is -0.610. The summed E-state index contributed by atoms with van der Waals surface area (Å²) in [6.45, 7) is 1.79. The molecule has 7 heavy (non-hydrogen) atoms. The molecule has 3 N–H and O–H groups in total. The standard InChI is InChI=1S/C3H8N2O2/c1-3(5-7)2-4-6/h4,6-7H,2H2,1H3/b5-3+. The van der Waals surface area contributed by atoms with E-state index in [1.54, 1.807) is 6.92 Å². The van der Waals surface area contributed by atoms with Crippen molar-refractivity contribution in [1.82, 2.24) is 5.48 Å². The lowest BCUT2D eigenvalue weighted by molar-refractivity contribution is 0.182. The quantitative estimate of drug-likeness (QED) is 0.258. The van der Waals surface area contributed by atoms with Gasteiger partial charge in [-0.25, -0.2) is 0 Å². The maximum Gasteiger partial charge on any atom is 0.0701 e. The molecular formula is C3H8N2O2. The molecule has 0 amide bonds. The lowest BCUT2D eigenvalue weighted by Gasteiger charge is -1.89. The van der Waals surface area contributed by atoms with Crippen LogP contribution in [0.25, 0.3) is 0 Å². The molecule has 0 bridgehead atoms. The van der Waals surface area contributed by atoms with Crippen LogP contribution in [0.5, 0.6) is 0 Å². The van der Waals surface area contributed by atoms with Gasteiger partial charge in [-0.1, -0.05) is 5.16 Å². The van der Waals surface area contributed by atoms with E-state index >= 15 is 0 Å². The minimum absolute atomic E-state index is 0.205. The molecule has 0 rings (SSSR count). The average Bonchev–Trinajstić information content (AvgIpc) is 1.68. The first-order valence-electron chi connectivity index (χ1n) is 1.85. The zero-order chi connectivity index (χ0) is 5.70. The van der Waals surface area contributed by atoms with Crippen LogP contribution in [0, 0.1) is 0 Å². The Kier molecular flexibility index (Phi) is 3.26. The molecule has 4 nitrogen and oxygen atoms in total. The maximum absolute atomic E-state index is 7.93. The highest BCUT2D eigenvalue weighted by Gasteiger charge is 1.83. The summed E-state index contributed by atoms with van der Waals surface area (Å²) in [6, 6.07) is 0. The summed E-state index contributed by atoms with van der Waals surface area (Å²) in [6.07, 6.45) is 0. The van der Waals surface area contributed by atoms with Gasteiger partial charge in [-0.2, -0.15) is 5.48 Å². The predicted molar refractivity (Wildman–Crippen MR) is 24.7 cm³/mol. The molecule has 0 aromatic heterocycles. The lowest BCUT2D eigenvalue weighted by Crippen LogP contribution is -2.16. The summed E-state index contributed by atoms with van der Waals surface area (Å²) in [5.41, 5.74) is 2.27. The van der Waals surface area contributed by atoms with Gasteiger partial charge in [0.15, 0.2) is 0 Å². The minimum Gasteiger partial charge on any atom is -0.411 e. The van der Waals surface area contributed by atoms with E-state index in [4.69, 9.17) is 10.4 Å². The number of nitrogens with one attached hydrogen (secondary N) is 1. The Bertz CT molecular complexity index is 71.3. The maximum atomic E-state index is 7.93. The molecule has 0 aliphatic rings. The summed E-state index contributed by atoms with van der Waals surface area (Å²) in [5.74, 6) is 0. The van der Waals surface area contributed by atoms with Crippen LogP contribution in [0.4, 0.5) is 0 Å². The van der Waals surface area contributed by atoms with Gasteiger partial charge in [0.05, 0.1) is 12.3 Å². The third kappa shape index (κ3) is 3.21. The smallest absolute Gasteiger partial charge is 0.0701 e. The lowest BCUT2D eigenvalue weighted by atomic mass is 10.4. The van der Waals surface area contributed by atoms with E-state index < -0.39 is 0 Å². The van der Waals surface area contributed by atoms with Crippen LogP contribution in [0.1, 0.15) is 6.92 Å². The molecule has 42 valence electrons. The van der Waals surface area contributed by atoms with Crippen molar-refractivity contribution in [2.24, 2.45) is 5.16 Å². The van der Waals surface area contributed by atoms with Crippen LogP contribution >= 0.6 is 0 Å². The van der Waals surface area contributed by atoms with Crippen molar-refractivity contribution in [3.8, 4) is 0 Å². The van der Waals surface area contributed by atoms with Crippen molar-refractivity contribution in [3.05, 3.63) is 0 Å². The first-order chi connectivity index (χ1) is 3.31. The van der Waals surface area contributed by atoms with Gasteiger partial charge in [0.2, 0.25) is 0 Å². The van der Waals surface area contributed by atoms with Gasteiger partial charge in [0, 0.05) is 0 Å². The molecule has 0 aromatic carbocycles. The van der Waals surface area contributed by atoms with Crippen molar-refractivity contribution >= 4 is 5.71 Å². The van der Waals surface area contributed by atoms with Gasteiger partial charge in [0.1, 0.15) is 0 Å². The highest BCUT2D eigenvalue weighted by atomic mass is 16.5. The van der Waals surface area contributed by atoms with Gasteiger partial charge in [-0.15, -0.1) is 0 Å². The number of hydrogen-bond donors (Lipinski definition) is 3. The second kappa shape index (κ2) is 3.58. The van der Waals surface area contributed by atoms with Crippen molar-refractivity contribution in [1.29, 1.82) is 0 Å². The highest BCUT2D eigenvalue weighted by Crippen LogP contribution is 1.66. The average molecular weight is 104 g/mol. The van der Waals surface area contributed by atoms with Crippen molar-refractivity contribution < 1.29 is 10.4 Å². The van der Waals surface area contributed by atoms with E-state index in [9.17, 15) is 0 Å². The molecule has 0 aromatic rings. The van der Waals surface area contributed by atoms with Crippen LogP contribution in [0.3, 0.4) is 0 Å². The van der Waals surface area contributed by atoms with Gasteiger partial charge < -0.3 is 10.4 Å². The molecule has 0 radical (unpaired) electrons. The van der Waals surface area contributed by atoms with E-state index in [0.717, 1.165) is 0 Å². The third-order valence-corrected chi connectivity index (χ3v) is 0.506. The van der Waals surface area contributed by atoms with E-state index in [-0.39, 0.29) is 6.54 Å². The monoisotopic (exact) mass is 104 g/mol. The Balaban J connectivity index is 3.17. The highest BCUT2D eigenvalue weighted by molar-refractivity contribution is 5.82. The molecule has 0 aliphatic carbocycles. The van der Waals surface area contributed by atoms with E-state index in [1.807, 2.05) is 5.48 Å². The number of hydroxylamine groups is 1. The van der Waals surface area contributed by atoms with E-state index in [2.05, 4.69) is 5.16 Å². The molecule has 0 atom stereocenters. The molecule has 0 saturated heterocycles. The predicted octanol–water partition coefficient (Wildman–Crippen LogP) is -0.185. The van der Waals surface area contributed by atoms with Crippen LogP contribution in [-0.2, 0) is 0 Å². The summed E-state index contributed by atoms with van der Waals surface area (Å²) >= 11 is 0. The van der Waals surface area contributed by atoms with E-state index in [1.165, 1.54) is 0 Å². The second-order valence-electron chi connectivity index (χ2n) is 1.17. The summed E-state index contributed by atoms with van der Waals surface area (Å²) in [7, 11) is 0. The summed E-state index contributed by atoms with van der Waals surface area (Å²) in [4.78, 5) is 0. The van der Waals surface area contributed by atoms with Gasteiger partial charge >= 0.3 is 0 Å². The van der Waals surface area contributed by atoms with Crippen LogP contribution in [0.2, 0.25) is 0 Å². The zero-order valence-electron chi connectivity index (χ0n) is 4.05. The SMILES string of the molecule is C/C(CNO)=N\O. The zero-order valence-corrected chi connectivity index (χ0v) is 4.05. The van der Waals surface area contributed by atoms with Crippen molar-refractivity contribution in [2.45, 2.75) is 6.92 Å². The van der Waals surface area contributed by atoms with Gasteiger partial charge in [0.25, 0.3) is 0 Å². The van der Waals surface area contributed by atoms with Crippen LogP contribution in [0.15, 0.2) is 5.16 Å². The van der Waals surface area contributed by atoms with E-state index in [0.29, 0.717) is 5.71 Å². The number of rotatable bonds is 2. The fourth-order valence-corrected chi connectivity index (χ4v) is 0.150. The summed E-state index contributed by atoms with van der Waals surface area (Å²) in [5, 5.41) is 18.6. The topological polar surface area (TPSA) is 64.8 Å². The molecule has 0 aliphatic heterocycles. The molecule has 0 spiro atoms. The Morgan fingerprint density at radius 1 is 1.86 bits per heavy atom.